The van der Waals surface area contributed by atoms with Gasteiger partial charge in [0.1, 0.15) is 5.82 Å². The SMILES string of the molecule is CCn1c(=O)c2c(ncn2Cc2cccc(C)c2)n(-c2cccc(F)c2)c1=O. The van der Waals surface area contributed by atoms with E-state index in [0.717, 1.165) is 15.7 Å². The van der Waals surface area contributed by atoms with E-state index in [1.807, 2.05) is 31.2 Å². The average Bonchev–Trinajstić information content (AvgIpc) is 3.06. The summed E-state index contributed by atoms with van der Waals surface area (Å²) in [5, 5.41) is 0. The molecule has 0 amide bonds. The third-order valence-electron chi connectivity index (χ3n) is 4.72. The van der Waals surface area contributed by atoms with Crippen LogP contribution in [0, 0.1) is 12.7 Å². The van der Waals surface area contributed by atoms with Gasteiger partial charge in [-0.1, -0.05) is 35.9 Å². The highest BCUT2D eigenvalue weighted by atomic mass is 19.1. The van der Waals surface area contributed by atoms with Crippen molar-refractivity contribution in [1.82, 2.24) is 18.7 Å². The summed E-state index contributed by atoms with van der Waals surface area (Å²) >= 11 is 0. The van der Waals surface area contributed by atoms with Crippen LogP contribution in [0.2, 0.25) is 0 Å². The lowest BCUT2D eigenvalue weighted by Crippen LogP contribution is -2.39. The van der Waals surface area contributed by atoms with E-state index in [2.05, 4.69) is 4.98 Å². The molecular weight excluding hydrogens is 359 g/mol. The van der Waals surface area contributed by atoms with Crippen LogP contribution in [0.5, 0.6) is 0 Å². The lowest BCUT2D eigenvalue weighted by molar-refractivity contribution is 0.623. The van der Waals surface area contributed by atoms with Gasteiger partial charge in [0.25, 0.3) is 5.56 Å². The molecular formula is C21H19FN4O2. The second kappa shape index (κ2) is 6.92. The van der Waals surface area contributed by atoms with E-state index >= 15 is 0 Å². The van der Waals surface area contributed by atoms with Crippen molar-refractivity contribution in [1.29, 1.82) is 0 Å². The standard InChI is InChI=1S/C21H19FN4O2/c1-3-25-20(27)18-19(26(21(25)28)17-9-5-8-16(22)11-17)23-13-24(18)12-15-7-4-6-14(2)10-15/h4-11,13H,3,12H2,1-2H3. The Morgan fingerprint density at radius 2 is 1.86 bits per heavy atom. The van der Waals surface area contributed by atoms with E-state index in [1.165, 1.54) is 22.8 Å². The molecule has 0 N–H and O–H groups in total. The van der Waals surface area contributed by atoms with Crippen molar-refractivity contribution in [3.05, 3.63) is 92.6 Å². The minimum Gasteiger partial charge on any atom is -0.320 e. The molecule has 2 heterocycles. The molecule has 4 rings (SSSR count). The fourth-order valence-electron chi connectivity index (χ4n) is 3.43. The summed E-state index contributed by atoms with van der Waals surface area (Å²) in [6.45, 7) is 4.38. The van der Waals surface area contributed by atoms with Crippen LogP contribution in [0.1, 0.15) is 18.1 Å². The quantitative estimate of drug-likeness (QED) is 0.549. The highest BCUT2D eigenvalue weighted by molar-refractivity contribution is 5.72. The van der Waals surface area contributed by atoms with E-state index in [4.69, 9.17) is 0 Å². The Hall–Kier alpha value is -3.48. The van der Waals surface area contributed by atoms with Crippen molar-refractivity contribution in [3.63, 3.8) is 0 Å². The number of halogens is 1. The Bertz CT molecular complexity index is 1300. The molecule has 2 aromatic heterocycles. The molecule has 0 saturated carbocycles. The van der Waals surface area contributed by atoms with E-state index < -0.39 is 17.1 Å². The Labute approximate surface area is 160 Å². The van der Waals surface area contributed by atoms with Crippen molar-refractivity contribution in [2.45, 2.75) is 26.9 Å². The zero-order valence-corrected chi connectivity index (χ0v) is 15.6. The van der Waals surface area contributed by atoms with Crippen LogP contribution in [-0.2, 0) is 13.1 Å². The van der Waals surface area contributed by atoms with E-state index in [1.54, 1.807) is 23.9 Å². The van der Waals surface area contributed by atoms with Crippen molar-refractivity contribution in [3.8, 4) is 5.69 Å². The first kappa shape index (κ1) is 17.9. The summed E-state index contributed by atoms with van der Waals surface area (Å²) in [5.41, 5.74) is 2.06. The summed E-state index contributed by atoms with van der Waals surface area (Å²) in [5.74, 6) is -0.467. The fraction of sp³-hybridized carbons (Fsp3) is 0.190. The highest BCUT2D eigenvalue weighted by Crippen LogP contribution is 2.16. The lowest BCUT2D eigenvalue weighted by Gasteiger charge is -2.12. The number of aromatic nitrogens is 4. The molecule has 0 bridgehead atoms. The van der Waals surface area contributed by atoms with Gasteiger partial charge in [-0.2, -0.15) is 0 Å². The topological polar surface area (TPSA) is 61.8 Å². The molecule has 0 fully saturated rings. The number of aryl methyl sites for hydroxylation is 1. The number of imidazole rings is 1. The first-order chi connectivity index (χ1) is 13.5. The molecule has 0 saturated heterocycles. The summed E-state index contributed by atoms with van der Waals surface area (Å²) in [4.78, 5) is 30.2. The third kappa shape index (κ3) is 2.94. The lowest BCUT2D eigenvalue weighted by atomic mass is 10.1. The van der Waals surface area contributed by atoms with Gasteiger partial charge in [-0.25, -0.2) is 18.7 Å². The zero-order valence-electron chi connectivity index (χ0n) is 15.6. The average molecular weight is 378 g/mol. The van der Waals surface area contributed by atoms with Crippen LogP contribution < -0.4 is 11.2 Å². The summed E-state index contributed by atoms with van der Waals surface area (Å²) in [6.07, 6.45) is 1.55. The number of benzene rings is 2. The second-order valence-corrected chi connectivity index (χ2v) is 6.68. The van der Waals surface area contributed by atoms with Crippen LogP contribution in [0.3, 0.4) is 0 Å². The molecule has 0 aliphatic rings. The predicted octanol–water partition coefficient (Wildman–Crippen LogP) is 2.86. The Balaban J connectivity index is 2.00. The van der Waals surface area contributed by atoms with Gasteiger partial charge in [-0.3, -0.25) is 9.36 Å². The summed E-state index contributed by atoms with van der Waals surface area (Å²) < 4.78 is 17.9. The van der Waals surface area contributed by atoms with E-state index in [0.29, 0.717) is 17.7 Å². The van der Waals surface area contributed by atoms with Crippen LogP contribution in [0.15, 0.2) is 64.4 Å². The molecule has 0 atom stereocenters. The summed E-state index contributed by atoms with van der Waals surface area (Å²) in [6, 6.07) is 13.7. The highest BCUT2D eigenvalue weighted by Gasteiger charge is 2.19. The monoisotopic (exact) mass is 378 g/mol. The molecule has 142 valence electrons. The van der Waals surface area contributed by atoms with Crippen LogP contribution >= 0.6 is 0 Å². The molecule has 4 aromatic rings. The fourth-order valence-corrected chi connectivity index (χ4v) is 3.43. The molecule has 7 heteroatoms. The van der Waals surface area contributed by atoms with Gasteiger partial charge < -0.3 is 4.57 Å². The van der Waals surface area contributed by atoms with Gasteiger partial charge in [0, 0.05) is 13.1 Å². The van der Waals surface area contributed by atoms with Crippen LogP contribution in [-0.4, -0.2) is 18.7 Å². The van der Waals surface area contributed by atoms with Gasteiger partial charge in [0.05, 0.1) is 12.0 Å². The van der Waals surface area contributed by atoms with Crippen LogP contribution in [0.4, 0.5) is 4.39 Å². The Morgan fingerprint density at radius 1 is 1.07 bits per heavy atom. The Kier molecular flexibility index (Phi) is 4.43. The number of nitrogens with zero attached hydrogens (tertiary/aromatic N) is 4. The first-order valence-electron chi connectivity index (χ1n) is 9.01. The van der Waals surface area contributed by atoms with Gasteiger partial charge in [-0.05, 0) is 37.6 Å². The molecule has 0 spiro atoms. The number of rotatable bonds is 4. The van der Waals surface area contributed by atoms with Crippen LogP contribution in [0.25, 0.3) is 16.9 Å². The normalized spacial score (nSPS) is 11.2. The molecule has 6 nitrogen and oxygen atoms in total. The maximum Gasteiger partial charge on any atom is 0.337 e. The smallest absolute Gasteiger partial charge is 0.320 e. The number of hydrogen-bond acceptors (Lipinski definition) is 3. The van der Waals surface area contributed by atoms with Gasteiger partial charge in [-0.15, -0.1) is 0 Å². The first-order valence-corrected chi connectivity index (χ1v) is 9.01. The zero-order chi connectivity index (χ0) is 19.8. The summed E-state index contributed by atoms with van der Waals surface area (Å²) in [7, 11) is 0. The third-order valence-corrected chi connectivity index (χ3v) is 4.72. The van der Waals surface area contributed by atoms with Gasteiger partial charge in [0.15, 0.2) is 11.2 Å². The molecule has 0 unspecified atom stereocenters. The second-order valence-electron chi connectivity index (χ2n) is 6.68. The minimum absolute atomic E-state index is 0.207. The Morgan fingerprint density at radius 3 is 2.57 bits per heavy atom. The largest absolute Gasteiger partial charge is 0.337 e. The maximum absolute atomic E-state index is 13.8. The predicted molar refractivity (Wildman–Crippen MR) is 106 cm³/mol. The maximum atomic E-state index is 13.8. The number of hydrogen-bond donors (Lipinski definition) is 0. The van der Waals surface area contributed by atoms with Gasteiger partial charge in [0.2, 0.25) is 0 Å². The number of fused-ring (bicyclic) bond motifs is 1. The van der Waals surface area contributed by atoms with E-state index in [-0.39, 0.29) is 12.2 Å². The van der Waals surface area contributed by atoms with Crippen molar-refractivity contribution in [2.24, 2.45) is 0 Å². The van der Waals surface area contributed by atoms with Crippen molar-refractivity contribution in [2.75, 3.05) is 0 Å². The molecule has 28 heavy (non-hydrogen) atoms. The molecule has 2 aromatic carbocycles. The molecule has 0 aliphatic heterocycles. The molecule has 0 aliphatic carbocycles. The molecule has 0 radical (unpaired) electrons. The minimum atomic E-state index is -0.536. The van der Waals surface area contributed by atoms with E-state index in [9.17, 15) is 14.0 Å². The van der Waals surface area contributed by atoms with Crippen molar-refractivity contribution < 1.29 is 4.39 Å². The van der Waals surface area contributed by atoms with Gasteiger partial charge >= 0.3 is 5.69 Å². The van der Waals surface area contributed by atoms with Crippen molar-refractivity contribution >= 4 is 11.2 Å².